The lowest BCUT2D eigenvalue weighted by atomic mass is 9.98. The molecule has 0 bridgehead atoms. The number of hydrogen-bond acceptors (Lipinski definition) is 2. The zero-order valence-corrected chi connectivity index (χ0v) is 12.6. The lowest BCUT2D eigenvalue weighted by Gasteiger charge is -2.13. The van der Waals surface area contributed by atoms with Crippen molar-refractivity contribution in [2.45, 2.75) is 32.7 Å². The Hall–Kier alpha value is -1.87. The van der Waals surface area contributed by atoms with Crippen LogP contribution in [0.3, 0.4) is 0 Å². The zero-order valence-electron chi connectivity index (χ0n) is 12.6. The minimum atomic E-state index is -0.185. The molecule has 0 spiro atoms. The van der Waals surface area contributed by atoms with E-state index in [0.717, 1.165) is 24.2 Å². The van der Waals surface area contributed by atoms with Crippen LogP contribution in [0.15, 0.2) is 42.5 Å². The van der Waals surface area contributed by atoms with Gasteiger partial charge in [-0.15, -0.1) is 0 Å². The minimum absolute atomic E-state index is 0.0833. The number of rotatable bonds is 6. The first kappa shape index (κ1) is 15.5. The standard InChI is InChI=1S/C18H22FNO/c1-3-21-16-6-4-5-14(12-16)7-10-18(20)15-8-9-17(19)13(2)11-15/h4-6,8-9,11-12,18H,3,7,10,20H2,1-2H3. The van der Waals surface area contributed by atoms with Gasteiger partial charge in [-0.1, -0.05) is 24.3 Å². The van der Waals surface area contributed by atoms with E-state index in [1.807, 2.05) is 31.2 Å². The van der Waals surface area contributed by atoms with Gasteiger partial charge < -0.3 is 10.5 Å². The highest BCUT2D eigenvalue weighted by atomic mass is 19.1. The van der Waals surface area contributed by atoms with Crippen molar-refractivity contribution in [2.75, 3.05) is 6.61 Å². The SMILES string of the molecule is CCOc1cccc(CCC(N)c2ccc(F)c(C)c2)c1. The summed E-state index contributed by atoms with van der Waals surface area (Å²) in [4.78, 5) is 0. The second-order valence-electron chi connectivity index (χ2n) is 5.23. The van der Waals surface area contributed by atoms with Crippen LogP contribution in [0.1, 0.15) is 36.1 Å². The number of halogens is 1. The highest BCUT2D eigenvalue weighted by Gasteiger charge is 2.08. The van der Waals surface area contributed by atoms with Gasteiger partial charge in [-0.2, -0.15) is 0 Å². The molecule has 3 heteroatoms. The van der Waals surface area contributed by atoms with Crippen molar-refractivity contribution in [1.29, 1.82) is 0 Å². The van der Waals surface area contributed by atoms with Crippen LogP contribution in [0.2, 0.25) is 0 Å². The zero-order chi connectivity index (χ0) is 15.2. The molecule has 2 aromatic carbocycles. The van der Waals surface area contributed by atoms with Gasteiger partial charge in [0.15, 0.2) is 0 Å². The number of ether oxygens (including phenoxy) is 1. The molecule has 0 aliphatic carbocycles. The monoisotopic (exact) mass is 287 g/mol. The summed E-state index contributed by atoms with van der Waals surface area (Å²) >= 11 is 0. The number of benzene rings is 2. The summed E-state index contributed by atoms with van der Waals surface area (Å²) in [6, 6.07) is 13.1. The number of aryl methyl sites for hydroxylation is 2. The van der Waals surface area contributed by atoms with Crippen molar-refractivity contribution in [3.8, 4) is 5.75 Å². The molecule has 2 nitrogen and oxygen atoms in total. The van der Waals surface area contributed by atoms with Crippen molar-refractivity contribution in [1.82, 2.24) is 0 Å². The van der Waals surface area contributed by atoms with Crippen molar-refractivity contribution < 1.29 is 9.13 Å². The van der Waals surface area contributed by atoms with E-state index in [4.69, 9.17) is 10.5 Å². The first-order valence-electron chi connectivity index (χ1n) is 7.33. The lowest BCUT2D eigenvalue weighted by Crippen LogP contribution is -2.11. The Labute approximate surface area is 125 Å². The maximum atomic E-state index is 13.3. The molecule has 0 amide bonds. The molecule has 0 aliphatic heterocycles. The van der Waals surface area contributed by atoms with Crippen molar-refractivity contribution in [2.24, 2.45) is 5.73 Å². The Morgan fingerprint density at radius 1 is 1.19 bits per heavy atom. The van der Waals surface area contributed by atoms with Crippen molar-refractivity contribution >= 4 is 0 Å². The maximum Gasteiger partial charge on any atom is 0.126 e. The molecule has 0 aromatic heterocycles. The fourth-order valence-corrected chi connectivity index (χ4v) is 2.34. The summed E-state index contributed by atoms with van der Waals surface area (Å²) in [7, 11) is 0. The molecule has 112 valence electrons. The predicted molar refractivity (Wildman–Crippen MR) is 84.0 cm³/mol. The van der Waals surface area contributed by atoms with Crippen molar-refractivity contribution in [3.63, 3.8) is 0 Å². The van der Waals surface area contributed by atoms with Crippen LogP contribution < -0.4 is 10.5 Å². The Morgan fingerprint density at radius 2 is 2.00 bits per heavy atom. The smallest absolute Gasteiger partial charge is 0.126 e. The van der Waals surface area contributed by atoms with Crippen LogP contribution in [-0.2, 0) is 6.42 Å². The molecule has 21 heavy (non-hydrogen) atoms. The topological polar surface area (TPSA) is 35.2 Å². The second-order valence-corrected chi connectivity index (χ2v) is 5.23. The molecule has 2 rings (SSSR count). The van der Waals surface area contributed by atoms with Crippen LogP contribution in [0, 0.1) is 12.7 Å². The maximum absolute atomic E-state index is 13.3. The third-order valence-corrected chi connectivity index (χ3v) is 3.56. The summed E-state index contributed by atoms with van der Waals surface area (Å²) in [5.74, 6) is 0.705. The molecule has 1 unspecified atom stereocenters. The molecular formula is C18H22FNO. The van der Waals surface area contributed by atoms with Gasteiger partial charge in [-0.05, 0) is 61.6 Å². The Kier molecular flexibility index (Phi) is 5.34. The van der Waals surface area contributed by atoms with Gasteiger partial charge in [0.2, 0.25) is 0 Å². The summed E-state index contributed by atoms with van der Waals surface area (Å²) in [6.07, 6.45) is 1.69. The second kappa shape index (κ2) is 7.23. The fourth-order valence-electron chi connectivity index (χ4n) is 2.34. The highest BCUT2D eigenvalue weighted by molar-refractivity contribution is 5.30. The fraction of sp³-hybridized carbons (Fsp3) is 0.333. The lowest BCUT2D eigenvalue weighted by molar-refractivity contribution is 0.340. The van der Waals surface area contributed by atoms with E-state index in [0.29, 0.717) is 12.2 Å². The molecule has 1 atom stereocenters. The van der Waals surface area contributed by atoms with E-state index >= 15 is 0 Å². The highest BCUT2D eigenvalue weighted by Crippen LogP contribution is 2.21. The Bertz CT molecular complexity index is 598. The molecule has 0 fully saturated rings. The molecule has 0 saturated carbocycles. The summed E-state index contributed by atoms with van der Waals surface area (Å²) in [5.41, 5.74) is 9.03. The average molecular weight is 287 g/mol. The molecule has 0 aliphatic rings. The molecule has 0 radical (unpaired) electrons. The first-order valence-corrected chi connectivity index (χ1v) is 7.33. The van der Waals surface area contributed by atoms with E-state index in [-0.39, 0.29) is 11.9 Å². The van der Waals surface area contributed by atoms with E-state index in [1.54, 1.807) is 13.0 Å². The van der Waals surface area contributed by atoms with Crippen molar-refractivity contribution in [3.05, 3.63) is 65.0 Å². The summed E-state index contributed by atoms with van der Waals surface area (Å²) in [5, 5.41) is 0. The first-order chi connectivity index (χ1) is 10.1. The quantitative estimate of drug-likeness (QED) is 0.865. The molecule has 2 aromatic rings. The van der Waals surface area contributed by atoms with Gasteiger partial charge in [-0.3, -0.25) is 0 Å². The van der Waals surface area contributed by atoms with Gasteiger partial charge in [0.1, 0.15) is 11.6 Å². The van der Waals surface area contributed by atoms with E-state index in [1.165, 1.54) is 11.6 Å². The Morgan fingerprint density at radius 3 is 2.71 bits per heavy atom. The average Bonchev–Trinajstić information content (AvgIpc) is 2.48. The van der Waals surface area contributed by atoms with Gasteiger partial charge in [0.05, 0.1) is 6.61 Å². The summed E-state index contributed by atoms with van der Waals surface area (Å²) < 4.78 is 18.8. The predicted octanol–water partition coefficient (Wildman–Crippen LogP) is 4.17. The molecule has 0 saturated heterocycles. The van der Waals surface area contributed by atoms with E-state index in [2.05, 4.69) is 6.07 Å². The van der Waals surface area contributed by atoms with E-state index in [9.17, 15) is 4.39 Å². The number of nitrogens with two attached hydrogens (primary N) is 1. The summed E-state index contributed by atoms with van der Waals surface area (Å²) in [6.45, 7) is 4.40. The van der Waals surface area contributed by atoms with Gasteiger partial charge in [0.25, 0.3) is 0 Å². The van der Waals surface area contributed by atoms with Crippen LogP contribution in [0.4, 0.5) is 4.39 Å². The van der Waals surface area contributed by atoms with E-state index < -0.39 is 0 Å². The van der Waals surface area contributed by atoms with Crippen LogP contribution in [-0.4, -0.2) is 6.61 Å². The molecule has 2 N–H and O–H groups in total. The number of hydrogen-bond donors (Lipinski definition) is 1. The Balaban J connectivity index is 1.98. The van der Waals surface area contributed by atoms with Gasteiger partial charge in [0, 0.05) is 6.04 Å². The third-order valence-electron chi connectivity index (χ3n) is 3.56. The van der Waals surface area contributed by atoms with Crippen LogP contribution in [0.5, 0.6) is 5.75 Å². The molecular weight excluding hydrogens is 265 g/mol. The minimum Gasteiger partial charge on any atom is -0.494 e. The molecule has 0 heterocycles. The van der Waals surface area contributed by atoms with Crippen LogP contribution >= 0.6 is 0 Å². The normalized spacial score (nSPS) is 12.2. The largest absolute Gasteiger partial charge is 0.494 e. The van der Waals surface area contributed by atoms with Gasteiger partial charge in [-0.25, -0.2) is 4.39 Å². The third kappa shape index (κ3) is 4.30. The van der Waals surface area contributed by atoms with Crippen LogP contribution in [0.25, 0.3) is 0 Å². The van der Waals surface area contributed by atoms with Gasteiger partial charge >= 0.3 is 0 Å².